The van der Waals surface area contributed by atoms with Gasteiger partial charge in [-0.15, -0.1) is 0 Å². The summed E-state index contributed by atoms with van der Waals surface area (Å²) in [6.45, 7) is 3.77. The molecule has 0 saturated heterocycles. The van der Waals surface area contributed by atoms with Crippen LogP contribution in [0.2, 0.25) is 0 Å². The van der Waals surface area contributed by atoms with Crippen molar-refractivity contribution in [2.24, 2.45) is 5.73 Å². The first-order valence-electron chi connectivity index (χ1n) is 7.28. The minimum atomic E-state index is 0.695. The van der Waals surface area contributed by atoms with Crippen LogP contribution in [0.5, 0.6) is 5.75 Å². The summed E-state index contributed by atoms with van der Waals surface area (Å²) in [6.07, 6.45) is 8.74. The maximum Gasteiger partial charge on any atom is 0.119 e. The van der Waals surface area contributed by atoms with Crippen molar-refractivity contribution in [3.63, 3.8) is 0 Å². The van der Waals surface area contributed by atoms with Crippen LogP contribution < -0.4 is 10.5 Å². The molecule has 0 aliphatic carbocycles. The van der Waals surface area contributed by atoms with Gasteiger partial charge in [-0.1, -0.05) is 51.2 Å². The molecular formula is C16H27NO. The van der Waals surface area contributed by atoms with E-state index in [4.69, 9.17) is 10.5 Å². The average Bonchev–Trinajstić information content (AvgIpc) is 2.39. The smallest absolute Gasteiger partial charge is 0.119 e. The molecule has 0 heterocycles. The number of benzene rings is 1. The van der Waals surface area contributed by atoms with Gasteiger partial charge in [0.1, 0.15) is 5.75 Å². The maximum absolute atomic E-state index is 5.76. The summed E-state index contributed by atoms with van der Waals surface area (Å²) < 4.78 is 5.76. The molecule has 0 unspecified atom stereocenters. The third-order valence-corrected chi connectivity index (χ3v) is 3.10. The second-order valence-electron chi connectivity index (χ2n) is 4.80. The van der Waals surface area contributed by atoms with Crippen LogP contribution in [0.3, 0.4) is 0 Å². The molecule has 0 spiro atoms. The molecule has 1 aromatic carbocycles. The average molecular weight is 249 g/mol. The molecule has 0 bridgehead atoms. The highest BCUT2D eigenvalue weighted by molar-refractivity contribution is 5.28. The minimum absolute atomic E-state index is 0.695. The molecule has 2 N–H and O–H groups in total. The SMILES string of the molecule is CCCCCCCCOc1cccc(CCN)c1. The maximum atomic E-state index is 5.76. The Labute approximate surface area is 112 Å². The molecule has 1 rings (SSSR count). The van der Waals surface area contributed by atoms with Crippen molar-refractivity contribution in [3.05, 3.63) is 29.8 Å². The highest BCUT2D eigenvalue weighted by Crippen LogP contribution is 2.14. The molecule has 0 fully saturated rings. The molecule has 1 aromatic rings. The van der Waals surface area contributed by atoms with Crippen molar-refractivity contribution in [1.82, 2.24) is 0 Å². The first kappa shape index (κ1) is 15.0. The van der Waals surface area contributed by atoms with Gasteiger partial charge in [0.15, 0.2) is 0 Å². The van der Waals surface area contributed by atoms with Gasteiger partial charge in [-0.3, -0.25) is 0 Å². The van der Waals surface area contributed by atoms with Crippen molar-refractivity contribution < 1.29 is 4.74 Å². The molecule has 0 atom stereocenters. The molecule has 0 amide bonds. The topological polar surface area (TPSA) is 35.2 Å². The summed E-state index contributed by atoms with van der Waals surface area (Å²) in [5.41, 5.74) is 6.81. The van der Waals surface area contributed by atoms with Gasteiger partial charge in [0.2, 0.25) is 0 Å². The van der Waals surface area contributed by atoms with Crippen LogP contribution in [0.4, 0.5) is 0 Å². The molecular weight excluding hydrogens is 222 g/mol. The van der Waals surface area contributed by atoms with Gasteiger partial charge in [0.05, 0.1) is 6.61 Å². The Morgan fingerprint density at radius 2 is 1.83 bits per heavy atom. The Hall–Kier alpha value is -1.02. The summed E-state index contributed by atoms with van der Waals surface area (Å²) in [5, 5.41) is 0. The first-order chi connectivity index (χ1) is 8.86. The number of nitrogens with two attached hydrogens (primary N) is 1. The van der Waals surface area contributed by atoms with Gasteiger partial charge in [-0.05, 0) is 37.1 Å². The monoisotopic (exact) mass is 249 g/mol. The fourth-order valence-electron chi connectivity index (χ4n) is 2.03. The zero-order chi connectivity index (χ0) is 13.1. The van der Waals surface area contributed by atoms with Gasteiger partial charge in [-0.25, -0.2) is 0 Å². The molecule has 0 radical (unpaired) electrons. The lowest BCUT2D eigenvalue weighted by molar-refractivity contribution is 0.304. The summed E-state index contributed by atoms with van der Waals surface area (Å²) in [7, 11) is 0. The van der Waals surface area contributed by atoms with E-state index in [0.717, 1.165) is 25.2 Å². The third-order valence-electron chi connectivity index (χ3n) is 3.10. The molecule has 2 nitrogen and oxygen atoms in total. The fraction of sp³-hybridized carbons (Fsp3) is 0.625. The minimum Gasteiger partial charge on any atom is -0.494 e. The van der Waals surface area contributed by atoms with E-state index in [1.807, 2.05) is 12.1 Å². The normalized spacial score (nSPS) is 10.6. The number of rotatable bonds is 10. The van der Waals surface area contributed by atoms with E-state index in [9.17, 15) is 0 Å². The van der Waals surface area contributed by atoms with Crippen LogP contribution in [0.25, 0.3) is 0 Å². The lowest BCUT2D eigenvalue weighted by Gasteiger charge is -2.07. The van der Waals surface area contributed by atoms with Crippen molar-refractivity contribution in [1.29, 1.82) is 0 Å². The second kappa shape index (κ2) is 9.95. The highest BCUT2D eigenvalue weighted by atomic mass is 16.5. The quantitative estimate of drug-likeness (QED) is 0.638. The summed E-state index contributed by atoms with van der Waals surface area (Å²) in [6, 6.07) is 8.27. The van der Waals surface area contributed by atoms with Gasteiger partial charge in [0.25, 0.3) is 0 Å². The molecule has 102 valence electrons. The highest BCUT2D eigenvalue weighted by Gasteiger charge is 1.97. The van der Waals surface area contributed by atoms with E-state index in [-0.39, 0.29) is 0 Å². The van der Waals surface area contributed by atoms with Crippen molar-refractivity contribution >= 4 is 0 Å². The zero-order valence-electron chi connectivity index (χ0n) is 11.7. The molecule has 2 heteroatoms. The van der Waals surface area contributed by atoms with Crippen LogP contribution in [-0.2, 0) is 6.42 Å². The lowest BCUT2D eigenvalue weighted by Crippen LogP contribution is -2.03. The molecule has 0 aliphatic heterocycles. The Kier molecular flexibility index (Phi) is 8.32. The van der Waals surface area contributed by atoms with Gasteiger partial charge >= 0.3 is 0 Å². The van der Waals surface area contributed by atoms with Crippen LogP contribution in [0.1, 0.15) is 51.0 Å². The van der Waals surface area contributed by atoms with Crippen molar-refractivity contribution in [2.45, 2.75) is 51.9 Å². The van der Waals surface area contributed by atoms with E-state index in [1.165, 1.54) is 37.7 Å². The zero-order valence-corrected chi connectivity index (χ0v) is 11.7. The van der Waals surface area contributed by atoms with Gasteiger partial charge in [0, 0.05) is 0 Å². The molecule has 18 heavy (non-hydrogen) atoms. The summed E-state index contributed by atoms with van der Waals surface area (Å²) >= 11 is 0. The van der Waals surface area contributed by atoms with E-state index >= 15 is 0 Å². The molecule has 0 aliphatic rings. The Morgan fingerprint density at radius 3 is 2.61 bits per heavy atom. The van der Waals surface area contributed by atoms with Crippen LogP contribution in [0.15, 0.2) is 24.3 Å². The van der Waals surface area contributed by atoms with Crippen molar-refractivity contribution in [3.8, 4) is 5.75 Å². The fourth-order valence-corrected chi connectivity index (χ4v) is 2.03. The first-order valence-corrected chi connectivity index (χ1v) is 7.28. The van der Waals surface area contributed by atoms with Crippen LogP contribution in [0, 0.1) is 0 Å². The summed E-state index contributed by atoms with van der Waals surface area (Å²) in [5.74, 6) is 0.981. The Morgan fingerprint density at radius 1 is 1.06 bits per heavy atom. The number of hydrogen-bond donors (Lipinski definition) is 1. The molecule has 0 aromatic heterocycles. The van der Waals surface area contributed by atoms with E-state index in [0.29, 0.717) is 6.54 Å². The Bertz CT molecular complexity index is 312. The lowest BCUT2D eigenvalue weighted by atomic mass is 10.1. The van der Waals surface area contributed by atoms with Crippen LogP contribution >= 0.6 is 0 Å². The van der Waals surface area contributed by atoms with Crippen LogP contribution in [-0.4, -0.2) is 13.2 Å². The number of unbranched alkanes of at least 4 members (excludes halogenated alkanes) is 5. The standard InChI is InChI=1S/C16H27NO/c1-2-3-4-5-6-7-13-18-16-10-8-9-15(14-16)11-12-17/h8-10,14H,2-7,11-13,17H2,1H3. The van der Waals surface area contributed by atoms with Gasteiger partial charge in [-0.2, -0.15) is 0 Å². The largest absolute Gasteiger partial charge is 0.494 e. The predicted molar refractivity (Wildman–Crippen MR) is 78.1 cm³/mol. The third kappa shape index (κ3) is 6.65. The van der Waals surface area contributed by atoms with Gasteiger partial charge < -0.3 is 10.5 Å². The summed E-state index contributed by atoms with van der Waals surface area (Å²) in [4.78, 5) is 0. The number of hydrogen-bond acceptors (Lipinski definition) is 2. The molecule has 0 saturated carbocycles. The predicted octanol–water partition coefficient (Wildman–Crippen LogP) is 3.93. The van der Waals surface area contributed by atoms with E-state index in [1.54, 1.807) is 0 Å². The second-order valence-corrected chi connectivity index (χ2v) is 4.80. The van der Waals surface area contributed by atoms with Crippen molar-refractivity contribution in [2.75, 3.05) is 13.2 Å². The Balaban J connectivity index is 2.13. The van der Waals surface area contributed by atoms with E-state index < -0.39 is 0 Å². The number of ether oxygens (including phenoxy) is 1. The van der Waals surface area contributed by atoms with E-state index in [2.05, 4.69) is 19.1 Å².